The van der Waals surface area contributed by atoms with Crippen molar-refractivity contribution in [1.29, 1.82) is 0 Å². The first-order valence-corrected chi connectivity index (χ1v) is 14.3. The minimum absolute atomic E-state index is 0.00263. The molecule has 5 heterocycles. The number of nitrogens with zero attached hydrogens (tertiary/aromatic N) is 2. The van der Waals surface area contributed by atoms with Gasteiger partial charge in [-0.25, -0.2) is 9.78 Å². The van der Waals surface area contributed by atoms with Gasteiger partial charge in [-0.05, 0) is 86.6 Å². The Labute approximate surface area is 245 Å². The number of rotatable bonds is 8. The van der Waals surface area contributed by atoms with Crippen LogP contribution in [0.2, 0.25) is 0 Å². The maximum Gasteiger partial charge on any atom is 0.338 e. The monoisotopic (exact) mass is 570 g/mol. The van der Waals surface area contributed by atoms with E-state index in [1.54, 1.807) is 7.11 Å². The van der Waals surface area contributed by atoms with Crippen LogP contribution in [-0.4, -0.2) is 51.2 Å². The molecule has 2 aliphatic heterocycles. The number of aromatic amines is 2. The van der Waals surface area contributed by atoms with Crippen LogP contribution < -0.4 is 0 Å². The number of fused-ring (bicyclic) bond motifs is 8. The van der Waals surface area contributed by atoms with Crippen molar-refractivity contribution in [3.05, 3.63) is 68.8 Å². The van der Waals surface area contributed by atoms with Gasteiger partial charge in [0.15, 0.2) is 0 Å². The second kappa shape index (κ2) is 11.6. The maximum atomic E-state index is 12.6. The summed E-state index contributed by atoms with van der Waals surface area (Å²) in [4.78, 5) is 40.7. The normalized spacial score (nSPS) is 16.6. The van der Waals surface area contributed by atoms with Gasteiger partial charge in [0.1, 0.15) is 0 Å². The Bertz CT molecular complexity index is 1780. The van der Waals surface area contributed by atoms with Crippen molar-refractivity contribution >= 4 is 45.7 Å². The molecule has 0 unspecified atom stereocenters. The van der Waals surface area contributed by atoms with Crippen molar-refractivity contribution in [2.45, 2.75) is 72.8 Å². The number of aliphatic carboxylic acids is 1. The number of aryl methyl sites for hydroxylation is 3. The highest BCUT2D eigenvalue weighted by Crippen LogP contribution is 2.42. The van der Waals surface area contributed by atoms with Crippen LogP contribution in [0.4, 0.5) is 0 Å². The Morgan fingerprint density at radius 1 is 0.976 bits per heavy atom. The number of aromatic nitrogens is 4. The Hall–Kier alpha value is -4.24. The molecular formula is C33H38N4O5. The molecule has 8 bridgehead atoms. The second-order valence-electron chi connectivity index (χ2n) is 11.2. The second-order valence-corrected chi connectivity index (χ2v) is 11.2. The van der Waals surface area contributed by atoms with Crippen LogP contribution >= 0.6 is 0 Å². The summed E-state index contributed by atoms with van der Waals surface area (Å²) in [5.41, 5.74) is 12.4. The first-order valence-electron chi connectivity index (χ1n) is 14.3. The molecule has 3 aromatic heterocycles. The van der Waals surface area contributed by atoms with Crippen LogP contribution in [-0.2, 0) is 32.1 Å². The van der Waals surface area contributed by atoms with E-state index < -0.39 is 5.97 Å². The number of methoxy groups -OCH3 is 1. The molecule has 3 aromatic rings. The van der Waals surface area contributed by atoms with E-state index in [2.05, 4.69) is 49.8 Å². The van der Waals surface area contributed by atoms with E-state index in [0.717, 1.165) is 62.1 Å². The summed E-state index contributed by atoms with van der Waals surface area (Å²) in [7, 11) is 1.70. The predicted octanol–water partition coefficient (Wildman–Crippen LogP) is 6.41. The molecule has 2 aliphatic rings. The summed E-state index contributed by atoms with van der Waals surface area (Å²) >= 11 is 0. The summed E-state index contributed by atoms with van der Waals surface area (Å²) in [5.74, 6) is -1.11. The summed E-state index contributed by atoms with van der Waals surface area (Å²) in [6.07, 6.45) is 1.35. The van der Waals surface area contributed by atoms with Gasteiger partial charge in [0.25, 0.3) is 6.47 Å². The van der Waals surface area contributed by atoms with Gasteiger partial charge < -0.3 is 24.5 Å². The lowest BCUT2D eigenvalue weighted by molar-refractivity contribution is -0.130. The molecule has 42 heavy (non-hydrogen) atoms. The van der Waals surface area contributed by atoms with Crippen LogP contribution in [0.25, 0.3) is 33.2 Å². The van der Waals surface area contributed by atoms with E-state index in [0.29, 0.717) is 42.0 Å². The third-order valence-electron chi connectivity index (χ3n) is 8.87. The van der Waals surface area contributed by atoms with Crippen LogP contribution in [0.3, 0.4) is 0 Å². The minimum atomic E-state index is -1.03. The SMILES string of the molecule is CCc1c(C)c2cc3[nH]c(cc4nc(c(C)c5nc(cc1[nH]2)C(C)=C5C(=O)O)[C@@H](CCOC=O)[C@@H]4C)c(C)c3COC. The van der Waals surface area contributed by atoms with Crippen molar-refractivity contribution in [3.8, 4) is 0 Å². The molecule has 0 aliphatic carbocycles. The fourth-order valence-electron chi connectivity index (χ4n) is 6.39. The van der Waals surface area contributed by atoms with E-state index in [1.165, 1.54) is 0 Å². The number of H-pyrrole nitrogens is 2. The van der Waals surface area contributed by atoms with Crippen molar-refractivity contribution in [2.24, 2.45) is 0 Å². The number of hydrogen-bond donors (Lipinski definition) is 3. The largest absolute Gasteiger partial charge is 0.478 e. The summed E-state index contributed by atoms with van der Waals surface area (Å²) in [6, 6.07) is 6.14. The van der Waals surface area contributed by atoms with Crippen molar-refractivity contribution in [2.75, 3.05) is 13.7 Å². The molecule has 0 spiro atoms. The lowest BCUT2D eigenvalue weighted by Crippen LogP contribution is -2.09. The highest BCUT2D eigenvalue weighted by Gasteiger charge is 2.33. The minimum Gasteiger partial charge on any atom is -0.478 e. The molecule has 3 N–H and O–H groups in total. The average molecular weight is 571 g/mol. The summed E-state index contributed by atoms with van der Waals surface area (Å²) in [5, 5.41) is 10.3. The Morgan fingerprint density at radius 2 is 1.64 bits per heavy atom. The molecule has 0 amide bonds. The zero-order chi connectivity index (χ0) is 30.3. The molecule has 5 rings (SSSR count). The van der Waals surface area contributed by atoms with Crippen LogP contribution in [0.15, 0.2) is 18.2 Å². The van der Waals surface area contributed by atoms with Crippen LogP contribution in [0, 0.1) is 20.8 Å². The lowest BCUT2D eigenvalue weighted by atomic mass is 9.86. The lowest BCUT2D eigenvalue weighted by Gasteiger charge is -2.17. The molecular weight excluding hydrogens is 532 g/mol. The number of carboxylic acid groups (broad SMARTS) is 1. The Balaban J connectivity index is 1.96. The number of carbonyl (C=O) groups excluding carboxylic acids is 1. The van der Waals surface area contributed by atoms with Gasteiger partial charge in [-0.15, -0.1) is 0 Å². The number of allylic oxidation sites excluding steroid dienone is 1. The number of ether oxygens (including phenoxy) is 2. The number of nitrogens with one attached hydrogen (secondary N) is 2. The molecule has 9 heteroatoms. The van der Waals surface area contributed by atoms with Gasteiger partial charge >= 0.3 is 5.97 Å². The van der Waals surface area contributed by atoms with Crippen LogP contribution in [0.5, 0.6) is 0 Å². The van der Waals surface area contributed by atoms with Gasteiger partial charge in [0, 0.05) is 58.0 Å². The third kappa shape index (κ3) is 4.91. The molecule has 9 nitrogen and oxygen atoms in total. The maximum absolute atomic E-state index is 12.6. The molecule has 0 saturated carbocycles. The number of hydrogen-bond acceptors (Lipinski definition) is 6. The fraction of sp³-hybridized carbons (Fsp3) is 0.394. The Morgan fingerprint density at radius 3 is 2.29 bits per heavy atom. The first kappa shape index (κ1) is 29.3. The van der Waals surface area contributed by atoms with E-state index in [-0.39, 0.29) is 24.0 Å². The molecule has 220 valence electrons. The number of carboxylic acids is 1. The molecule has 2 atom stereocenters. The van der Waals surface area contributed by atoms with Crippen molar-refractivity contribution in [3.63, 3.8) is 0 Å². The molecule has 0 saturated heterocycles. The number of carbonyl (C=O) groups is 2. The quantitative estimate of drug-likeness (QED) is 0.211. The zero-order valence-corrected chi connectivity index (χ0v) is 25.3. The smallest absolute Gasteiger partial charge is 0.338 e. The first-order chi connectivity index (χ1) is 20.1. The van der Waals surface area contributed by atoms with Gasteiger partial charge in [-0.1, -0.05) is 13.8 Å². The molecule has 0 fully saturated rings. The predicted molar refractivity (Wildman–Crippen MR) is 163 cm³/mol. The highest BCUT2D eigenvalue weighted by molar-refractivity contribution is 6.24. The van der Waals surface area contributed by atoms with Gasteiger partial charge in [0.2, 0.25) is 0 Å². The van der Waals surface area contributed by atoms with E-state index in [9.17, 15) is 14.7 Å². The zero-order valence-electron chi connectivity index (χ0n) is 25.3. The molecule has 0 radical (unpaired) electrons. The summed E-state index contributed by atoms with van der Waals surface area (Å²) < 4.78 is 10.7. The fourth-order valence-corrected chi connectivity index (χ4v) is 6.39. The van der Waals surface area contributed by atoms with Gasteiger partial charge in [-0.3, -0.25) is 9.78 Å². The van der Waals surface area contributed by atoms with Crippen molar-refractivity contribution < 1.29 is 24.2 Å². The van der Waals surface area contributed by atoms with E-state index >= 15 is 0 Å². The van der Waals surface area contributed by atoms with E-state index in [4.69, 9.17) is 19.4 Å². The molecule has 0 aromatic carbocycles. The highest BCUT2D eigenvalue weighted by atomic mass is 16.5. The van der Waals surface area contributed by atoms with Crippen LogP contribution in [0.1, 0.15) is 89.6 Å². The summed E-state index contributed by atoms with van der Waals surface area (Å²) in [6.45, 7) is 13.2. The van der Waals surface area contributed by atoms with Crippen molar-refractivity contribution in [1.82, 2.24) is 19.9 Å². The van der Waals surface area contributed by atoms with E-state index in [1.807, 2.05) is 19.9 Å². The third-order valence-corrected chi connectivity index (χ3v) is 8.87. The van der Waals surface area contributed by atoms with Gasteiger partial charge in [0.05, 0.1) is 30.2 Å². The standard InChI is InChI=1S/C33H38N4O5/c1-8-21-16(2)25-12-29-23(14-41-7)18(4)24(35-29)11-26-17(3)22(9-10-42-15-38)31(36-26)20(6)32-30(33(39)40)19(5)27(37-32)13-28(21)34-25/h11-13,15,17,22,34-35H,8-10,14H2,1-7H3,(H,39,40)/t17-,22-/m0/s1. The van der Waals surface area contributed by atoms with Gasteiger partial charge in [-0.2, -0.15) is 0 Å². The topological polar surface area (TPSA) is 130 Å². The Kier molecular flexibility index (Phi) is 8.06. The average Bonchev–Trinajstić information content (AvgIpc) is 3.63.